The molecular formula is C19H25ClN4OS. The van der Waals surface area contributed by atoms with E-state index in [9.17, 15) is 4.79 Å². The Morgan fingerprint density at radius 1 is 1.19 bits per heavy atom. The van der Waals surface area contributed by atoms with Crippen LogP contribution in [-0.2, 0) is 11.8 Å². The Balaban J connectivity index is 1.63. The highest BCUT2D eigenvalue weighted by Gasteiger charge is 2.22. The van der Waals surface area contributed by atoms with Gasteiger partial charge in [-0.25, -0.2) is 0 Å². The molecule has 3 rings (SSSR count). The molecule has 0 saturated heterocycles. The van der Waals surface area contributed by atoms with Gasteiger partial charge in [0.2, 0.25) is 5.91 Å². The lowest BCUT2D eigenvalue weighted by Gasteiger charge is -2.19. The molecule has 0 spiro atoms. The summed E-state index contributed by atoms with van der Waals surface area (Å²) in [6, 6.07) is 7.83. The molecule has 1 fully saturated rings. The van der Waals surface area contributed by atoms with E-state index in [1.807, 2.05) is 42.8 Å². The van der Waals surface area contributed by atoms with Crippen LogP contribution in [0.1, 0.15) is 45.4 Å². The molecule has 26 heavy (non-hydrogen) atoms. The second-order valence-corrected chi connectivity index (χ2v) is 8.57. The van der Waals surface area contributed by atoms with E-state index in [1.165, 1.54) is 37.4 Å². The fourth-order valence-electron chi connectivity index (χ4n) is 3.22. The summed E-state index contributed by atoms with van der Waals surface area (Å²) in [6.45, 7) is 1.92. The van der Waals surface area contributed by atoms with E-state index < -0.39 is 0 Å². The topological polar surface area (TPSA) is 59.8 Å². The van der Waals surface area contributed by atoms with Crippen LogP contribution >= 0.6 is 23.4 Å². The number of aromatic nitrogens is 3. The minimum atomic E-state index is -0.209. The molecule has 1 aromatic carbocycles. The molecule has 0 radical (unpaired) electrons. The van der Waals surface area contributed by atoms with Gasteiger partial charge in [0.1, 0.15) is 0 Å². The summed E-state index contributed by atoms with van der Waals surface area (Å²) < 4.78 is 1.92. The standard InChI is InChI=1S/C19H25ClN4OS/c1-13(18(25)21-16-7-5-3-4-6-8-16)26-19-23-22-17(24(19)2)14-9-11-15(20)12-10-14/h9-13,16H,3-8H2,1-2H3,(H,21,25)/t13-/m0/s1. The molecule has 1 amide bonds. The van der Waals surface area contributed by atoms with Crippen LogP contribution in [0, 0.1) is 0 Å². The first-order valence-electron chi connectivity index (χ1n) is 9.17. The maximum atomic E-state index is 12.5. The minimum Gasteiger partial charge on any atom is -0.352 e. The zero-order valence-electron chi connectivity index (χ0n) is 15.2. The Morgan fingerprint density at radius 2 is 1.85 bits per heavy atom. The van der Waals surface area contributed by atoms with Gasteiger partial charge in [-0.1, -0.05) is 49.0 Å². The number of nitrogens with zero attached hydrogens (tertiary/aromatic N) is 3. The van der Waals surface area contributed by atoms with Crippen molar-refractivity contribution in [2.24, 2.45) is 7.05 Å². The maximum absolute atomic E-state index is 12.5. The third-order valence-electron chi connectivity index (χ3n) is 4.79. The SMILES string of the molecule is C[C@H](Sc1nnc(-c2ccc(Cl)cc2)n1C)C(=O)NC1CCCCCC1. The molecule has 2 aromatic rings. The number of carbonyl (C=O) groups is 1. The largest absolute Gasteiger partial charge is 0.352 e. The van der Waals surface area contributed by atoms with Crippen molar-refractivity contribution < 1.29 is 4.79 Å². The molecule has 1 aliphatic carbocycles. The van der Waals surface area contributed by atoms with Crippen molar-refractivity contribution in [3.05, 3.63) is 29.3 Å². The fraction of sp³-hybridized carbons (Fsp3) is 0.526. The number of benzene rings is 1. The van der Waals surface area contributed by atoms with Gasteiger partial charge >= 0.3 is 0 Å². The average Bonchev–Trinajstić information content (AvgIpc) is 2.83. The highest BCUT2D eigenvalue weighted by Crippen LogP contribution is 2.27. The molecule has 1 aliphatic rings. The number of carbonyl (C=O) groups excluding carboxylic acids is 1. The van der Waals surface area contributed by atoms with Crippen molar-refractivity contribution in [1.29, 1.82) is 0 Å². The normalized spacial score (nSPS) is 16.9. The number of nitrogens with one attached hydrogen (secondary N) is 1. The molecule has 1 saturated carbocycles. The first-order valence-corrected chi connectivity index (χ1v) is 10.4. The van der Waals surface area contributed by atoms with E-state index >= 15 is 0 Å². The van der Waals surface area contributed by atoms with Crippen LogP contribution in [0.15, 0.2) is 29.4 Å². The minimum absolute atomic E-state index is 0.0814. The van der Waals surface area contributed by atoms with Crippen molar-refractivity contribution in [3.63, 3.8) is 0 Å². The number of halogens is 1. The number of amides is 1. The van der Waals surface area contributed by atoms with E-state index in [0.29, 0.717) is 11.1 Å². The number of hydrogen-bond acceptors (Lipinski definition) is 4. The summed E-state index contributed by atoms with van der Waals surface area (Å²) in [5.74, 6) is 0.846. The van der Waals surface area contributed by atoms with Gasteiger partial charge in [0.25, 0.3) is 0 Å². The van der Waals surface area contributed by atoms with Crippen molar-refractivity contribution in [3.8, 4) is 11.4 Å². The molecule has 0 bridgehead atoms. The molecule has 5 nitrogen and oxygen atoms in total. The van der Waals surface area contributed by atoms with E-state index in [1.54, 1.807) is 0 Å². The Labute approximate surface area is 163 Å². The molecule has 1 aromatic heterocycles. The summed E-state index contributed by atoms with van der Waals surface area (Å²) in [7, 11) is 1.92. The first kappa shape index (κ1) is 19.2. The fourth-order valence-corrected chi connectivity index (χ4v) is 4.17. The Hall–Kier alpha value is -1.53. The Kier molecular flexibility index (Phi) is 6.59. The molecule has 1 N–H and O–H groups in total. The lowest BCUT2D eigenvalue weighted by Crippen LogP contribution is -2.39. The summed E-state index contributed by atoms with van der Waals surface area (Å²) in [6.07, 6.45) is 7.16. The number of hydrogen-bond donors (Lipinski definition) is 1. The summed E-state index contributed by atoms with van der Waals surface area (Å²) in [5.41, 5.74) is 0.951. The van der Waals surface area contributed by atoms with Gasteiger partial charge in [-0.15, -0.1) is 10.2 Å². The summed E-state index contributed by atoms with van der Waals surface area (Å²) in [4.78, 5) is 12.5. The molecule has 0 aliphatic heterocycles. The van der Waals surface area contributed by atoms with E-state index in [0.717, 1.165) is 29.4 Å². The predicted octanol–water partition coefficient (Wildman–Crippen LogP) is 4.46. The molecule has 1 atom stereocenters. The van der Waals surface area contributed by atoms with E-state index in [4.69, 9.17) is 11.6 Å². The quantitative estimate of drug-likeness (QED) is 0.603. The average molecular weight is 393 g/mol. The van der Waals surface area contributed by atoms with Crippen LogP contribution in [0.3, 0.4) is 0 Å². The van der Waals surface area contributed by atoms with Crippen LogP contribution in [0.2, 0.25) is 5.02 Å². The number of rotatable bonds is 5. The van der Waals surface area contributed by atoms with Crippen LogP contribution in [-0.4, -0.2) is 32.0 Å². The van der Waals surface area contributed by atoms with Gasteiger partial charge in [-0.05, 0) is 44.0 Å². The zero-order valence-corrected chi connectivity index (χ0v) is 16.8. The third-order valence-corrected chi connectivity index (χ3v) is 6.18. The smallest absolute Gasteiger partial charge is 0.233 e. The summed E-state index contributed by atoms with van der Waals surface area (Å²) in [5, 5.41) is 13.0. The second kappa shape index (κ2) is 8.91. The van der Waals surface area contributed by atoms with E-state index in [2.05, 4.69) is 15.5 Å². The zero-order chi connectivity index (χ0) is 18.5. The predicted molar refractivity (Wildman–Crippen MR) is 106 cm³/mol. The first-order chi connectivity index (χ1) is 12.5. The lowest BCUT2D eigenvalue weighted by molar-refractivity contribution is -0.121. The monoisotopic (exact) mass is 392 g/mol. The molecule has 140 valence electrons. The molecule has 7 heteroatoms. The van der Waals surface area contributed by atoms with Crippen LogP contribution in [0.4, 0.5) is 0 Å². The van der Waals surface area contributed by atoms with Gasteiger partial charge < -0.3 is 9.88 Å². The Bertz CT molecular complexity index is 738. The van der Waals surface area contributed by atoms with Crippen LogP contribution < -0.4 is 5.32 Å². The van der Waals surface area contributed by atoms with Gasteiger partial charge in [0.15, 0.2) is 11.0 Å². The van der Waals surface area contributed by atoms with Crippen molar-refractivity contribution >= 4 is 29.3 Å². The van der Waals surface area contributed by atoms with Gasteiger partial charge in [0, 0.05) is 23.7 Å². The molecule has 0 unspecified atom stereocenters. The summed E-state index contributed by atoms with van der Waals surface area (Å²) >= 11 is 7.39. The highest BCUT2D eigenvalue weighted by molar-refractivity contribution is 8.00. The van der Waals surface area contributed by atoms with Gasteiger partial charge in [-0.3, -0.25) is 4.79 Å². The van der Waals surface area contributed by atoms with Crippen molar-refractivity contribution in [2.75, 3.05) is 0 Å². The maximum Gasteiger partial charge on any atom is 0.233 e. The second-order valence-electron chi connectivity index (χ2n) is 6.83. The van der Waals surface area contributed by atoms with Crippen molar-refractivity contribution in [2.45, 2.75) is 61.9 Å². The third kappa shape index (κ3) is 4.80. The van der Waals surface area contributed by atoms with Crippen molar-refractivity contribution in [1.82, 2.24) is 20.1 Å². The number of thioether (sulfide) groups is 1. The Morgan fingerprint density at radius 3 is 2.50 bits per heavy atom. The van der Waals surface area contributed by atoms with Crippen LogP contribution in [0.5, 0.6) is 0 Å². The molecular weight excluding hydrogens is 368 g/mol. The lowest BCUT2D eigenvalue weighted by atomic mass is 10.1. The van der Waals surface area contributed by atoms with Gasteiger partial charge in [0.05, 0.1) is 5.25 Å². The highest BCUT2D eigenvalue weighted by atomic mass is 35.5. The van der Waals surface area contributed by atoms with E-state index in [-0.39, 0.29) is 11.2 Å². The van der Waals surface area contributed by atoms with Gasteiger partial charge in [-0.2, -0.15) is 0 Å². The van der Waals surface area contributed by atoms with Crippen LogP contribution in [0.25, 0.3) is 11.4 Å². The molecule has 1 heterocycles.